The molecule has 0 N–H and O–H groups in total. The molecule has 0 bridgehead atoms. The molecule has 0 aliphatic rings. The highest BCUT2D eigenvalue weighted by molar-refractivity contribution is 7.18. The van der Waals surface area contributed by atoms with Gasteiger partial charge in [0.25, 0.3) is 5.69 Å². The molecular weight excluding hydrogens is 272 g/mol. The van der Waals surface area contributed by atoms with Crippen molar-refractivity contribution < 1.29 is 9.49 Å². The van der Waals surface area contributed by atoms with E-state index < -0.39 is 0 Å². The van der Waals surface area contributed by atoms with Gasteiger partial charge in [-0.2, -0.15) is 4.57 Å². The molecule has 5 heteroatoms. The number of thiazole rings is 1. The zero-order chi connectivity index (χ0) is 14.1. The summed E-state index contributed by atoms with van der Waals surface area (Å²) in [4.78, 5) is 10.3. The normalized spacial score (nSPS) is 10.8. The predicted molar refractivity (Wildman–Crippen MR) is 78.9 cm³/mol. The Morgan fingerprint density at radius 2 is 1.85 bits per heavy atom. The Morgan fingerprint density at radius 3 is 2.50 bits per heavy atom. The van der Waals surface area contributed by atoms with Crippen molar-refractivity contribution in [2.75, 3.05) is 0 Å². The fourth-order valence-corrected chi connectivity index (χ4v) is 3.40. The zero-order valence-electron chi connectivity index (χ0n) is 10.9. The van der Waals surface area contributed by atoms with Gasteiger partial charge in [0.2, 0.25) is 10.5 Å². The van der Waals surface area contributed by atoms with Crippen LogP contribution in [0.2, 0.25) is 0 Å². The number of hydrogen-bond donors (Lipinski definition) is 0. The maximum absolute atomic E-state index is 10.6. The van der Waals surface area contributed by atoms with Crippen molar-refractivity contribution >= 4 is 27.2 Å². The monoisotopic (exact) mass is 285 g/mol. The van der Waals surface area contributed by atoms with Crippen molar-refractivity contribution in [3.63, 3.8) is 0 Å². The van der Waals surface area contributed by atoms with Crippen LogP contribution in [0.15, 0.2) is 48.5 Å². The smallest absolute Gasteiger partial charge is 0.258 e. The maximum atomic E-state index is 10.6. The molecule has 1 heterocycles. The quantitative estimate of drug-likeness (QED) is 0.421. The first-order valence-electron chi connectivity index (χ1n) is 6.25. The van der Waals surface area contributed by atoms with Crippen LogP contribution in [0.4, 0.5) is 5.69 Å². The summed E-state index contributed by atoms with van der Waals surface area (Å²) in [7, 11) is 2.06. The molecule has 20 heavy (non-hydrogen) atoms. The summed E-state index contributed by atoms with van der Waals surface area (Å²) in [6, 6.07) is 15.0. The molecule has 2 aromatic carbocycles. The largest absolute Gasteiger partial charge is 0.269 e. The molecular formula is C15H13N2O2S+. The van der Waals surface area contributed by atoms with Crippen molar-refractivity contribution in [1.29, 1.82) is 0 Å². The van der Waals surface area contributed by atoms with Gasteiger partial charge in [-0.05, 0) is 11.6 Å². The third-order valence-corrected chi connectivity index (χ3v) is 4.55. The second kappa shape index (κ2) is 5.02. The van der Waals surface area contributed by atoms with Gasteiger partial charge in [0.05, 0.1) is 11.3 Å². The number of rotatable bonds is 3. The molecule has 0 spiro atoms. The fraction of sp³-hybridized carbons (Fsp3) is 0.133. The van der Waals surface area contributed by atoms with Gasteiger partial charge in [0.15, 0.2) is 0 Å². The van der Waals surface area contributed by atoms with Gasteiger partial charge < -0.3 is 0 Å². The summed E-state index contributed by atoms with van der Waals surface area (Å²) >= 11 is 1.76. The Labute approximate surface area is 120 Å². The van der Waals surface area contributed by atoms with Crippen LogP contribution in [0.5, 0.6) is 0 Å². The van der Waals surface area contributed by atoms with Crippen LogP contribution in [0, 0.1) is 10.1 Å². The standard InChI is InChI=1S/C15H13N2O2S/c1-16-13-4-2-3-5-14(13)20-15(16)10-11-6-8-12(9-7-11)17(18)19/h2-9H,10H2,1H3/q+1. The lowest BCUT2D eigenvalue weighted by atomic mass is 10.1. The third-order valence-electron chi connectivity index (χ3n) is 3.33. The van der Waals surface area contributed by atoms with Gasteiger partial charge in [-0.15, -0.1) is 0 Å². The van der Waals surface area contributed by atoms with Gasteiger partial charge in [-0.3, -0.25) is 10.1 Å². The number of benzene rings is 2. The zero-order valence-corrected chi connectivity index (χ0v) is 11.8. The van der Waals surface area contributed by atoms with E-state index in [1.807, 2.05) is 24.3 Å². The molecule has 3 rings (SSSR count). The summed E-state index contributed by atoms with van der Waals surface area (Å²) in [6.07, 6.45) is 0.786. The first kappa shape index (κ1) is 12.7. The second-order valence-electron chi connectivity index (χ2n) is 4.62. The molecule has 0 amide bonds. The molecule has 0 atom stereocenters. The minimum atomic E-state index is -0.372. The van der Waals surface area contributed by atoms with Gasteiger partial charge >= 0.3 is 0 Å². The number of nitro benzene ring substituents is 1. The molecule has 4 nitrogen and oxygen atoms in total. The number of non-ortho nitro benzene ring substituents is 1. The van der Waals surface area contributed by atoms with E-state index in [9.17, 15) is 10.1 Å². The summed E-state index contributed by atoms with van der Waals surface area (Å²) < 4.78 is 3.44. The van der Waals surface area contributed by atoms with E-state index in [4.69, 9.17) is 0 Å². The van der Waals surface area contributed by atoms with Crippen molar-refractivity contribution in [2.24, 2.45) is 7.05 Å². The number of aryl methyl sites for hydroxylation is 1. The minimum absolute atomic E-state index is 0.134. The topological polar surface area (TPSA) is 47.0 Å². The summed E-state index contributed by atoms with van der Waals surface area (Å²) in [6.45, 7) is 0. The van der Waals surface area contributed by atoms with Crippen LogP contribution in [0.1, 0.15) is 10.6 Å². The summed E-state index contributed by atoms with van der Waals surface area (Å²) in [5.41, 5.74) is 2.43. The van der Waals surface area contributed by atoms with Crippen LogP contribution in [0.25, 0.3) is 10.2 Å². The van der Waals surface area contributed by atoms with Crippen molar-refractivity contribution in [3.8, 4) is 0 Å². The predicted octanol–water partition coefficient (Wildman–Crippen LogP) is 3.22. The Kier molecular flexibility index (Phi) is 3.20. The van der Waals surface area contributed by atoms with Crippen LogP contribution in [-0.4, -0.2) is 4.92 Å². The van der Waals surface area contributed by atoms with Crippen LogP contribution >= 0.6 is 11.3 Å². The van der Waals surface area contributed by atoms with Crippen molar-refractivity contribution in [3.05, 3.63) is 69.2 Å². The minimum Gasteiger partial charge on any atom is -0.258 e. The van der Waals surface area contributed by atoms with E-state index in [1.54, 1.807) is 23.5 Å². The summed E-state index contributed by atoms with van der Waals surface area (Å²) in [5.74, 6) is 0. The van der Waals surface area contributed by atoms with Crippen LogP contribution in [-0.2, 0) is 13.5 Å². The van der Waals surface area contributed by atoms with Gasteiger partial charge in [-0.1, -0.05) is 35.6 Å². The fourth-order valence-electron chi connectivity index (χ4n) is 2.22. The first-order chi connectivity index (χ1) is 9.65. The molecule has 0 aliphatic heterocycles. The Morgan fingerprint density at radius 1 is 1.15 bits per heavy atom. The van der Waals surface area contributed by atoms with Gasteiger partial charge in [0, 0.05) is 18.2 Å². The molecule has 1 aromatic heterocycles. The number of para-hydroxylation sites is 1. The first-order valence-corrected chi connectivity index (χ1v) is 7.06. The van der Waals surface area contributed by atoms with E-state index in [0.29, 0.717) is 0 Å². The van der Waals surface area contributed by atoms with Gasteiger partial charge in [0.1, 0.15) is 11.7 Å². The van der Waals surface area contributed by atoms with Crippen molar-refractivity contribution in [2.45, 2.75) is 6.42 Å². The van der Waals surface area contributed by atoms with Crippen LogP contribution in [0.3, 0.4) is 0 Å². The number of nitrogens with zero attached hydrogens (tertiary/aromatic N) is 2. The van der Waals surface area contributed by atoms with Crippen molar-refractivity contribution in [1.82, 2.24) is 0 Å². The maximum Gasteiger partial charge on any atom is 0.269 e. The highest BCUT2D eigenvalue weighted by Gasteiger charge is 2.16. The second-order valence-corrected chi connectivity index (χ2v) is 5.74. The van der Waals surface area contributed by atoms with E-state index in [-0.39, 0.29) is 10.6 Å². The lowest BCUT2D eigenvalue weighted by Gasteiger charge is -1.97. The van der Waals surface area contributed by atoms with E-state index >= 15 is 0 Å². The number of hydrogen-bond acceptors (Lipinski definition) is 3. The van der Waals surface area contributed by atoms with E-state index in [0.717, 1.165) is 12.0 Å². The average Bonchev–Trinajstić information content (AvgIpc) is 2.77. The Balaban J connectivity index is 1.92. The average molecular weight is 285 g/mol. The summed E-state index contributed by atoms with van der Waals surface area (Å²) in [5, 5.41) is 11.9. The molecule has 0 aliphatic carbocycles. The van der Waals surface area contributed by atoms with E-state index in [1.165, 1.54) is 15.2 Å². The third kappa shape index (κ3) is 2.28. The Hall–Kier alpha value is -2.27. The lowest BCUT2D eigenvalue weighted by Crippen LogP contribution is -2.30. The van der Waals surface area contributed by atoms with Gasteiger partial charge in [-0.25, -0.2) is 0 Å². The molecule has 0 fully saturated rings. The SMILES string of the molecule is C[n+]1c(Cc2ccc([N+](=O)[O-])cc2)sc2ccccc21. The molecule has 100 valence electrons. The number of fused-ring (bicyclic) bond motifs is 1. The Bertz CT molecular complexity index is 778. The van der Waals surface area contributed by atoms with Crippen LogP contribution < -0.4 is 4.57 Å². The number of nitro groups is 1. The van der Waals surface area contributed by atoms with E-state index in [2.05, 4.69) is 23.7 Å². The molecule has 0 radical (unpaired) electrons. The highest BCUT2D eigenvalue weighted by atomic mass is 32.1. The molecule has 0 saturated carbocycles. The molecule has 3 aromatic rings. The highest BCUT2D eigenvalue weighted by Crippen LogP contribution is 2.22. The lowest BCUT2D eigenvalue weighted by molar-refractivity contribution is -0.647. The molecule has 0 unspecified atom stereocenters. The molecule has 0 saturated heterocycles. The number of aromatic nitrogens is 1.